The molecule has 4 aliphatic carbocycles. The number of benzene rings is 2. The van der Waals surface area contributed by atoms with Crippen LogP contribution in [-0.2, 0) is 39.2 Å². The second-order valence-corrected chi connectivity index (χ2v) is 19.0. The highest BCUT2D eigenvalue weighted by Gasteiger charge is 2.91. The maximum absolute atomic E-state index is 13.7. The molecule has 4 saturated carbocycles. The van der Waals surface area contributed by atoms with Crippen LogP contribution in [0.3, 0.4) is 0 Å². The number of carbonyl (C=O) groups excluding carboxylic acids is 2. The van der Waals surface area contributed by atoms with Crippen LogP contribution in [0.5, 0.6) is 0 Å². The first-order chi connectivity index (χ1) is 28.1. The van der Waals surface area contributed by atoms with Crippen molar-refractivity contribution in [1.82, 2.24) is 0 Å². The van der Waals surface area contributed by atoms with Crippen molar-refractivity contribution in [3.63, 3.8) is 0 Å². The van der Waals surface area contributed by atoms with E-state index in [9.17, 15) is 35.1 Å². The molecule has 19 atom stereocenters. The average molecular weight is 815 g/mol. The van der Waals surface area contributed by atoms with E-state index in [1.54, 1.807) is 55.5 Å². The largest absolute Gasteiger partial charge is 0.456 e. The van der Waals surface area contributed by atoms with Gasteiger partial charge in [-0.2, -0.15) is 0 Å². The number of aliphatic hydroxyl groups excluding tert-OH is 2. The molecular formula is C46H54O13. The van der Waals surface area contributed by atoms with Gasteiger partial charge in [0.05, 0.1) is 23.4 Å². The number of hydrogen-bond donors (Lipinski definition) is 5. The van der Waals surface area contributed by atoms with Crippen LogP contribution < -0.4 is 0 Å². The topological polar surface area (TPSA) is 194 Å². The van der Waals surface area contributed by atoms with E-state index in [1.165, 1.54) is 12.2 Å². The molecule has 13 nitrogen and oxygen atoms in total. The molecule has 316 valence electrons. The zero-order chi connectivity index (χ0) is 41.5. The number of aliphatic hydroxyl groups is 5. The van der Waals surface area contributed by atoms with Crippen LogP contribution in [0.25, 0.3) is 0 Å². The highest BCUT2D eigenvalue weighted by molar-refractivity contribution is 5.89. The monoisotopic (exact) mass is 814 g/mol. The van der Waals surface area contributed by atoms with E-state index in [-0.39, 0.29) is 30.6 Å². The van der Waals surface area contributed by atoms with Gasteiger partial charge in [0.2, 0.25) is 0 Å². The molecule has 0 amide bonds. The first kappa shape index (κ1) is 39.6. The summed E-state index contributed by atoms with van der Waals surface area (Å²) in [6, 6.07) is 17.7. The van der Waals surface area contributed by atoms with Crippen molar-refractivity contribution < 1.29 is 63.5 Å². The van der Waals surface area contributed by atoms with Crippen molar-refractivity contribution in [2.45, 2.75) is 124 Å². The Kier molecular flexibility index (Phi) is 8.90. The Balaban J connectivity index is 1.14. The zero-order valence-electron chi connectivity index (χ0n) is 33.6. The van der Waals surface area contributed by atoms with Crippen LogP contribution >= 0.6 is 0 Å². The van der Waals surface area contributed by atoms with Gasteiger partial charge in [0.15, 0.2) is 0 Å². The van der Waals surface area contributed by atoms with Gasteiger partial charge >= 0.3 is 17.9 Å². The van der Waals surface area contributed by atoms with E-state index in [2.05, 4.69) is 6.92 Å². The molecule has 6 aliphatic heterocycles. The molecule has 0 aromatic heterocycles. The lowest BCUT2D eigenvalue weighted by molar-refractivity contribution is -0.595. The summed E-state index contributed by atoms with van der Waals surface area (Å²) in [5, 5.41) is 63.4. The highest BCUT2D eigenvalue weighted by atomic mass is 16.9. The van der Waals surface area contributed by atoms with Gasteiger partial charge in [-0.05, 0) is 68.6 Å². The Bertz CT molecular complexity index is 2060. The molecule has 8 fully saturated rings. The quantitative estimate of drug-likeness (QED) is 0.223. The summed E-state index contributed by atoms with van der Waals surface area (Å²) in [5.74, 6) is -6.79. The Labute approximate surface area is 342 Å². The van der Waals surface area contributed by atoms with Gasteiger partial charge in [-0.3, -0.25) is 0 Å². The number of allylic oxidation sites excluding steroid dienone is 2. The van der Waals surface area contributed by atoms with E-state index in [0.29, 0.717) is 24.0 Å². The standard InChI is InChI=1S/C46H54O13/c1-24-21-32-43(52)35(24)55-33(48)18-12-11-17-31(54-39(49)27-13-7-5-8-14-27)30-20-19-28(25(30)2)22-41(4,51)45(53)36-26(3)44(32)34(37-42(23-47,56-37)40(43)50)38(45)58-46(57-36,59-44)29-15-9-6-10-16-29/h5-18,24-26,28,30-32,34-38,40,47,50-53H,19-23H2,1-4H3/b17-11+,18-12-/t24-,25-,26+,28+,30-,31-,32+,34-,35-,36-,37-,38+,40+,41+,42-,43+,44-,45-,46-/m0/s1. The lowest BCUT2D eigenvalue weighted by Crippen LogP contribution is -2.89. The lowest BCUT2D eigenvalue weighted by Gasteiger charge is -2.74. The second-order valence-electron chi connectivity index (χ2n) is 19.0. The summed E-state index contributed by atoms with van der Waals surface area (Å²) in [4.78, 5) is 27.2. The fourth-order valence-corrected chi connectivity index (χ4v) is 13.3. The van der Waals surface area contributed by atoms with E-state index in [4.69, 9.17) is 28.4 Å². The third-order valence-corrected chi connectivity index (χ3v) is 16.2. The van der Waals surface area contributed by atoms with Crippen molar-refractivity contribution in [2.75, 3.05) is 6.61 Å². The third kappa shape index (κ3) is 5.17. The number of hydrogen-bond acceptors (Lipinski definition) is 13. The lowest BCUT2D eigenvalue weighted by atomic mass is 9.49. The molecule has 2 aromatic carbocycles. The van der Waals surface area contributed by atoms with Crippen molar-refractivity contribution in [3.8, 4) is 0 Å². The van der Waals surface area contributed by atoms with Crippen LogP contribution in [-0.4, -0.2) is 109 Å². The first-order valence-corrected chi connectivity index (χ1v) is 21.2. The number of epoxide rings is 1. The van der Waals surface area contributed by atoms with Gasteiger partial charge in [-0.1, -0.05) is 81.5 Å². The van der Waals surface area contributed by atoms with Gasteiger partial charge in [-0.15, -0.1) is 0 Å². The second kappa shape index (κ2) is 13.3. The Morgan fingerprint density at radius 1 is 0.881 bits per heavy atom. The molecule has 12 rings (SSSR count). The van der Waals surface area contributed by atoms with Crippen LogP contribution in [0.15, 0.2) is 85.0 Å². The SMILES string of the molecule is C[C@H]1[C@@H]2CC[C@@H]1[C@@H](OC(=O)c1ccccc1)/C=C/C=C\C(=O)O[C@H]1[C@@H](C)C[C@@H]3[C@]1(O)[C@H](O)[C@@]1(CO)O[C@H]1[C@H]1[C@H]4O[C@]5(c6ccccc6)O[C@@H]([C@@H](C)[C@@]13O5)[C@@]4(O)[C@](C)(O)C2. The minimum atomic E-state index is -2.22. The summed E-state index contributed by atoms with van der Waals surface area (Å²) >= 11 is 0. The number of rotatable bonds is 4. The van der Waals surface area contributed by atoms with Gasteiger partial charge in [0, 0.05) is 35.3 Å². The molecule has 0 unspecified atom stereocenters. The van der Waals surface area contributed by atoms with Gasteiger partial charge in [-0.25, -0.2) is 9.59 Å². The van der Waals surface area contributed by atoms with Gasteiger partial charge < -0.3 is 54.0 Å². The Hall–Kier alpha value is -3.50. The normalized spacial score (nSPS) is 52.8. The first-order valence-electron chi connectivity index (χ1n) is 21.2. The van der Waals surface area contributed by atoms with Crippen LogP contribution in [0.1, 0.15) is 69.3 Å². The molecule has 1 spiro atoms. The zero-order valence-corrected chi connectivity index (χ0v) is 33.6. The summed E-state index contributed by atoms with van der Waals surface area (Å²) in [6.07, 6.45) is 0.608. The highest BCUT2D eigenvalue weighted by Crippen LogP contribution is 2.75. The van der Waals surface area contributed by atoms with Crippen molar-refractivity contribution in [2.24, 2.45) is 41.4 Å². The molecule has 6 heterocycles. The number of ether oxygens (including phenoxy) is 6. The number of fused-ring (bicyclic) bond motifs is 6. The van der Waals surface area contributed by atoms with Crippen molar-refractivity contribution in [1.29, 1.82) is 0 Å². The average Bonchev–Trinajstić information content (AvgIpc) is 3.79. The summed E-state index contributed by atoms with van der Waals surface area (Å²) < 4.78 is 39.7. The van der Waals surface area contributed by atoms with E-state index in [0.717, 1.165) is 0 Å². The van der Waals surface area contributed by atoms with Crippen LogP contribution in [0.4, 0.5) is 0 Å². The van der Waals surface area contributed by atoms with Crippen LogP contribution in [0, 0.1) is 41.4 Å². The number of carbonyl (C=O) groups is 2. The van der Waals surface area contributed by atoms with Gasteiger partial charge in [0.25, 0.3) is 0 Å². The van der Waals surface area contributed by atoms with Crippen LogP contribution in [0.2, 0.25) is 0 Å². The van der Waals surface area contributed by atoms with E-state index < -0.39 is 113 Å². The molecule has 5 N–H and O–H groups in total. The summed E-state index contributed by atoms with van der Waals surface area (Å²) in [7, 11) is 0. The smallest absolute Gasteiger partial charge is 0.338 e. The Morgan fingerprint density at radius 2 is 1.58 bits per heavy atom. The minimum absolute atomic E-state index is 0.102. The van der Waals surface area contributed by atoms with Crippen molar-refractivity contribution >= 4 is 11.9 Å². The molecule has 59 heavy (non-hydrogen) atoms. The molecule has 2 aromatic rings. The Morgan fingerprint density at radius 3 is 2.29 bits per heavy atom. The predicted octanol–water partition coefficient (Wildman–Crippen LogP) is 3.31. The molecular weight excluding hydrogens is 760 g/mol. The predicted molar refractivity (Wildman–Crippen MR) is 207 cm³/mol. The fourth-order valence-electron chi connectivity index (χ4n) is 13.3. The van der Waals surface area contributed by atoms with E-state index in [1.807, 2.05) is 38.1 Å². The molecule has 0 radical (unpaired) electrons. The van der Waals surface area contributed by atoms with E-state index >= 15 is 0 Å². The fraction of sp³-hybridized carbons (Fsp3) is 0.609. The third-order valence-electron chi connectivity index (χ3n) is 16.2. The van der Waals surface area contributed by atoms with Crippen molar-refractivity contribution in [3.05, 3.63) is 96.1 Å². The molecule has 10 aliphatic rings. The minimum Gasteiger partial charge on any atom is -0.456 e. The maximum Gasteiger partial charge on any atom is 0.338 e. The number of esters is 2. The maximum atomic E-state index is 13.7. The molecule has 11 bridgehead atoms. The van der Waals surface area contributed by atoms with Gasteiger partial charge in [0.1, 0.15) is 53.4 Å². The molecule has 4 saturated heterocycles. The summed E-state index contributed by atoms with van der Waals surface area (Å²) in [6.45, 7) is 6.66. The molecule has 13 heteroatoms. The summed E-state index contributed by atoms with van der Waals surface area (Å²) in [5.41, 5.74) is -8.50.